The van der Waals surface area contributed by atoms with Crippen LogP contribution in [0.5, 0.6) is 0 Å². The van der Waals surface area contributed by atoms with E-state index in [0.717, 1.165) is 5.57 Å². The van der Waals surface area contributed by atoms with Crippen molar-refractivity contribution in [3.8, 4) is 0 Å². The summed E-state index contributed by atoms with van der Waals surface area (Å²) >= 11 is 0. The van der Waals surface area contributed by atoms with Crippen LogP contribution >= 0.6 is 8.25 Å². The third-order valence-corrected chi connectivity index (χ3v) is 1.13. The Morgan fingerprint density at radius 2 is 2.44 bits per heavy atom. The first-order chi connectivity index (χ1) is 4.13. The first-order valence-corrected chi connectivity index (χ1v) is 3.69. The van der Waals surface area contributed by atoms with Gasteiger partial charge in [-0.05, 0) is 13.3 Å². The van der Waals surface area contributed by atoms with Crippen molar-refractivity contribution in [3.05, 3.63) is 12.2 Å². The molecule has 0 aliphatic carbocycles. The lowest BCUT2D eigenvalue weighted by atomic mass is 10.3. The molecule has 1 atom stereocenters. The molecule has 0 fully saturated rings. The summed E-state index contributed by atoms with van der Waals surface area (Å²) in [6.45, 7) is 5.72. The van der Waals surface area contributed by atoms with Gasteiger partial charge in [0.05, 0.1) is 0 Å². The van der Waals surface area contributed by atoms with E-state index in [4.69, 9.17) is 4.89 Å². The minimum absolute atomic E-state index is 0.279. The highest BCUT2D eigenvalue weighted by Crippen LogP contribution is 2.15. The highest BCUT2D eigenvalue weighted by molar-refractivity contribution is 7.32. The lowest BCUT2D eigenvalue weighted by molar-refractivity contribution is 0.285. The minimum atomic E-state index is -2.42. The van der Waals surface area contributed by atoms with Crippen LogP contribution in [0, 0.1) is 0 Å². The maximum atomic E-state index is 9.88. The minimum Gasteiger partial charge on any atom is -0.133 e. The van der Waals surface area contributed by atoms with Gasteiger partial charge in [-0.15, -0.1) is 16.0 Å². The van der Waals surface area contributed by atoms with Crippen molar-refractivity contribution in [1.29, 1.82) is 0 Å². The van der Waals surface area contributed by atoms with Crippen molar-refractivity contribution in [2.24, 2.45) is 0 Å². The van der Waals surface area contributed by atoms with E-state index in [1.165, 1.54) is 0 Å². The van der Waals surface area contributed by atoms with Gasteiger partial charge < -0.3 is 0 Å². The van der Waals surface area contributed by atoms with Gasteiger partial charge in [0.1, 0.15) is 6.61 Å². The van der Waals surface area contributed by atoms with Crippen LogP contribution in [0.1, 0.15) is 13.3 Å². The lowest BCUT2D eigenvalue weighted by Crippen LogP contribution is -1.85. The molecule has 0 amide bonds. The molecule has 4 heteroatoms. The average Bonchev–Trinajstić information content (AvgIpc) is 1.63. The van der Waals surface area contributed by atoms with E-state index in [-0.39, 0.29) is 6.61 Å². The molecular formula is C5H10O3P+. The first-order valence-electron chi connectivity index (χ1n) is 2.56. The normalized spacial score (nSPS) is 11.1. The van der Waals surface area contributed by atoms with Gasteiger partial charge in [-0.2, -0.15) is 0 Å². The van der Waals surface area contributed by atoms with E-state index in [0.29, 0.717) is 6.42 Å². The van der Waals surface area contributed by atoms with Crippen molar-refractivity contribution in [2.45, 2.75) is 13.3 Å². The number of hydrogen-bond donors (Lipinski definition) is 1. The van der Waals surface area contributed by atoms with Gasteiger partial charge in [-0.3, -0.25) is 0 Å². The zero-order valence-corrected chi connectivity index (χ0v) is 6.23. The molecule has 0 aliphatic heterocycles. The molecule has 0 aromatic heterocycles. The third-order valence-electron chi connectivity index (χ3n) is 0.731. The van der Waals surface area contributed by atoms with Crippen LogP contribution in [-0.2, 0) is 9.09 Å². The van der Waals surface area contributed by atoms with E-state index >= 15 is 0 Å². The predicted octanol–water partition coefficient (Wildman–Crippen LogP) is 1.62. The van der Waals surface area contributed by atoms with E-state index in [1.54, 1.807) is 0 Å². The molecule has 0 heterocycles. The molecule has 0 spiro atoms. The largest absolute Gasteiger partial charge is 0.694 e. The van der Waals surface area contributed by atoms with Crippen LogP contribution < -0.4 is 0 Å². The van der Waals surface area contributed by atoms with Crippen molar-refractivity contribution < 1.29 is 14.0 Å². The van der Waals surface area contributed by atoms with Crippen molar-refractivity contribution in [2.75, 3.05) is 6.61 Å². The highest BCUT2D eigenvalue weighted by atomic mass is 31.1. The van der Waals surface area contributed by atoms with E-state index in [2.05, 4.69) is 11.1 Å². The zero-order chi connectivity index (χ0) is 7.28. The predicted molar refractivity (Wildman–Crippen MR) is 35.2 cm³/mol. The fourth-order valence-electron chi connectivity index (χ4n) is 0.298. The topological polar surface area (TPSA) is 46.5 Å². The average molecular weight is 149 g/mol. The monoisotopic (exact) mass is 149 g/mol. The van der Waals surface area contributed by atoms with Gasteiger partial charge in [-0.1, -0.05) is 5.57 Å². The fourth-order valence-corrected chi connectivity index (χ4v) is 0.545. The van der Waals surface area contributed by atoms with Crippen LogP contribution in [-0.4, -0.2) is 11.5 Å². The summed E-state index contributed by atoms with van der Waals surface area (Å²) in [6.07, 6.45) is 0.641. The molecule has 0 aliphatic rings. The van der Waals surface area contributed by atoms with Gasteiger partial charge in [0.15, 0.2) is 0 Å². The summed E-state index contributed by atoms with van der Waals surface area (Å²) in [5.41, 5.74) is 0.951. The van der Waals surface area contributed by atoms with Gasteiger partial charge in [0.2, 0.25) is 0 Å². The summed E-state index contributed by atoms with van der Waals surface area (Å²) in [7, 11) is -2.42. The molecule has 0 saturated heterocycles. The maximum absolute atomic E-state index is 9.88. The molecule has 0 rings (SSSR count). The second-order valence-electron chi connectivity index (χ2n) is 1.78. The van der Waals surface area contributed by atoms with Crippen molar-refractivity contribution in [3.63, 3.8) is 0 Å². The summed E-state index contributed by atoms with van der Waals surface area (Å²) in [6, 6.07) is 0. The third kappa shape index (κ3) is 7.76. The fraction of sp³-hybridized carbons (Fsp3) is 0.600. The Hall–Kier alpha value is -0.240. The Labute approximate surface area is 55.3 Å². The van der Waals surface area contributed by atoms with Crippen LogP contribution in [0.3, 0.4) is 0 Å². The zero-order valence-electron chi connectivity index (χ0n) is 5.33. The molecule has 9 heavy (non-hydrogen) atoms. The Kier molecular flexibility index (Phi) is 4.50. The second-order valence-corrected chi connectivity index (χ2v) is 2.51. The smallest absolute Gasteiger partial charge is 0.133 e. The summed E-state index contributed by atoms with van der Waals surface area (Å²) < 4.78 is 14.2. The first kappa shape index (κ1) is 8.76. The van der Waals surface area contributed by atoms with Gasteiger partial charge in [-0.25, -0.2) is 0 Å². The molecule has 1 unspecified atom stereocenters. The molecule has 0 aromatic carbocycles. The Morgan fingerprint density at radius 1 is 1.89 bits per heavy atom. The summed E-state index contributed by atoms with van der Waals surface area (Å²) in [5, 5.41) is 0. The Morgan fingerprint density at radius 3 is 2.78 bits per heavy atom. The molecule has 0 aromatic rings. The molecule has 1 N–H and O–H groups in total. The van der Waals surface area contributed by atoms with Crippen molar-refractivity contribution in [1.82, 2.24) is 0 Å². The van der Waals surface area contributed by atoms with E-state index in [9.17, 15) is 4.57 Å². The van der Waals surface area contributed by atoms with E-state index < -0.39 is 8.25 Å². The maximum Gasteiger partial charge on any atom is 0.694 e. The lowest BCUT2D eigenvalue weighted by Gasteiger charge is -1.88. The highest BCUT2D eigenvalue weighted by Gasteiger charge is 2.09. The van der Waals surface area contributed by atoms with Gasteiger partial charge in [0, 0.05) is 4.57 Å². The SMILES string of the molecule is C=C(C)CCO[P+](=O)O. The summed E-state index contributed by atoms with van der Waals surface area (Å²) in [5.74, 6) is 0. The molecular weight excluding hydrogens is 139 g/mol. The van der Waals surface area contributed by atoms with Gasteiger partial charge in [0.25, 0.3) is 0 Å². The quantitative estimate of drug-likeness (QED) is 0.488. The van der Waals surface area contributed by atoms with Crippen LogP contribution in [0.4, 0.5) is 0 Å². The molecule has 3 nitrogen and oxygen atoms in total. The second kappa shape index (κ2) is 4.62. The molecule has 0 saturated carbocycles. The molecule has 52 valence electrons. The van der Waals surface area contributed by atoms with Crippen molar-refractivity contribution >= 4 is 8.25 Å². The standard InChI is InChI=1S/C5H9O3P/c1-5(2)3-4-8-9(6)7/h1,3-4H2,2H3/p+1. The Balaban J connectivity index is 3.10. The Bertz CT molecular complexity index is 107. The molecule has 0 radical (unpaired) electrons. The van der Waals surface area contributed by atoms with Crippen LogP contribution in [0.25, 0.3) is 0 Å². The summed E-state index contributed by atoms with van der Waals surface area (Å²) in [4.78, 5) is 8.12. The van der Waals surface area contributed by atoms with Crippen LogP contribution in [0.15, 0.2) is 12.2 Å². The number of rotatable bonds is 4. The van der Waals surface area contributed by atoms with Crippen LogP contribution in [0.2, 0.25) is 0 Å². The number of hydrogen-bond acceptors (Lipinski definition) is 2. The van der Waals surface area contributed by atoms with E-state index in [1.807, 2.05) is 6.92 Å². The van der Waals surface area contributed by atoms with Gasteiger partial charge >= 0.3 is 8.25 Å². The molecule has 0 bridgehead atoms.